The molecule has 120 valence electrons. The molecule has 3 atom stereocenters. The number of ether oxygens (including phenoxy) is 1. The summed E-state index contributed by atoms with van der Waals surface area (Å²) in [5.41, 5.74) is 0. The Kier molecular flexibility index (Phi) is 4.52. The van der Waals surface area contributed by atoms with Crippen molar-refractivity contribution in [1.29, 1.82) is 0 Å². The molecule has 1 amide bonds. The minimum Gasteiger partial charge on any atom is -0.508 e. The number of fused-ring (bicyclic) bond motifs is 2. The highest BCUT2D eigenvalue weighted by atomic mass is 16.5. The van der Waals surface area contributed by atoms with Gasteiger partial charge in [0.25, 0.3) is 0 Å². The fraction of sp³-hybridized carbons (Fsp3) is 0.588. The molecule has 2 fully saturated rings. The molecule has 2 saturated heterocycles. The van der Waals surface area contributed by atoms with Crippen LogP contribution in [0.1, 0.15) is 32.6 Å². The quantitative estimate of drug-likeness (QED) is 0.816. The Labute approximate surface area is 131 Å². The number of carbonyl (C=O) groups is 1. The maximum atomic E-state index is 11.7. The van der Waals surface area contributed by atoms with E-state index in [1.165, 1.54) is 0 Å². The van der Waals surface area contributed by atoms with Crippen molar-refractivity contribution in [3.8, 4) is 11.5 Å². The molecule has 2 N–H and O–H groups in total. The van der Waals surface area contributed by atoms with Crippen molar-refractivity contribution in [2.45, 2.75) is 50.7 Å². The smallest absolute Gasteiger partial charge is 0.219 e. The number of phenols is 1. The van der Waals surface area contributed by atoms with Gasteiger partial charge in [0.05, 0.1) is 0 Å². The van der Waals surface area contributed by atoms with Crippen molar-refractivity contribution < 1.29 is 14.6 Å². The van der Waals surface area contributed by atoms with Gasteiger partial charge in [-0.1, -0.05) is 0 Å². The van der Waals surface area contributed by atoms with Gasteiger partial charge in [-0.15, -0.1) is 0 Å². The van der Waals surface area contributed by atoms with Gasteiger partial charge in [0.2, 0.25) is 5.91 Å². The van der Waals surface area contributed by atoms with Crippen molar-refractivity contribution in [3.63, 3.8) is 0 Å². The highest BCUT2D eigenvalue weighted by Crippen LogP contribution is 2.35. The second-order valence-electron chi connectivity index (χ2n) is 6.28. The first-order chi connectivity index (χ1) is 10.6. The summed E-state index contributed by atoms with van der Waals surface area (Å²) in [6.07, 6.45) is 4.39. The van der Waals surface area contributed by atoms with Crippen molar-refractivity contribution in [3.05, 3.63) is 24.3 Å². The predicted octanol–water partition coefficient (Wildman–Crippen LogP) is 1.90. The fourth-order valence-corrected chi connectivity index (χ4v) is 3.83. The third-order valence-electron chi connectivity index (χ3n) is 4.74. The molecule has 22 heavy (non-hydrogen) atoms. The molecule has 5 heteroatoms. The van der Waals surface area contributed by atoms with Crippen LogP contribution in [-0.2, 0) is 4.79 Å². The summed E-state index contributed by atoms with van der Waals surface area (Å²) in [4.78, 5) is 13.8. The van der Waals surface area contributed by atoms with E-state index in [1.807, 2.05) is 0 Å². The van der Waals surface area contributed by atoms with Gasteiger partial charge in [-0.05, 0) is 49.9 Å². The Hall–Kier alpha value is -1.75. The Morgan fingerprint density at radius 3 is 2.50 bits per heavy atom. The Morgan fingerprint density at radius 1 is 1.27 bits per heavy atom. The molecule has 2 bridgehead atoms. The molecule has 0 saturated carbocycles. The third-order valence-corrected chi connectivity index (χ3v) is 4.74. The van der Waals surface area contributed by atoms with Crippen LogP contribution in [0.25, 0.3) is 0 Å². The minimum absolute atomic E-state index is 0.224. The molecule has 0 aliphatic carbocycles. The van der Waals surface area contributed by atoms with E-state index in [2.05, 4.69) is 10.2 Å². The number of rotatable bonds is 5. The zero-order chi connectivity index (χ0) is 15.5. The van der Waals surface area contributed by atoms with Crippen LogP contribution in [-0.4, -0.2) is 47.2 Å². The van der Waals surface area contributed by atoms with Gasteiger partial charge in [-0.2, -0.15) is 0 Å². The minimum atomic E-state index is 0.224. The molecule has 2 aliphatic rings. The summed E-state index contributed by atoms with van der Waals surface area (Å²) in [5, 5.41) is 12.8. The van der Waals surface area contributed by atoms with Crippen molar-refractivity contribution in [2.24, 2.45) is 0 Å². The molecule has 1 aromatic carbocycles. The largest absolute Gasteiger partial charge is 0.508 e. The number of carbonyl (C=O) groups excluding carboxylic acids is 1. The standard InChI is InChI=1S/C17H24N2O3/c1-12(20)19-14-2-3-15(19)11-13(10-14)18-8-9-22-17-6-4-16(21)5-7-17/h4-7,13-15,18,21H,2-3,8-11H2,1H3/t13-,14+,15-. The second kappa shape index (κ2) is 6.57. The zero-order valence-corrected chi connectivity index (χ0v) is 13.0. The molecule has 0 unspecified atom stereocenters. The van der Waals surface area contributed by atoms with E-state index >= 15 is 0 Å². The van der Waals surface area contributed by atoms with Gasteiger partial charge in [0.1, 0.15) is 18.1 Å². The van der Waals surface area contributed by atoms with Gasteiger partial charge in [-0.3, -0.25) is 4.79 Å². The normalized spacial score (nSPS) is 27.0. The van der Waals surface area contributed by atoms with E-state index in [9.17, 15) is 9.90 Å². The van der Waals surface area contributed by atoms with Crippen LogP contribution in [0.3, 0.4) is 0 Å². The predicted molar refractivity (Wildman–Crippen MR) is 84.0 cm³/mol. The van der Waals surface area contributed by atoms with Crippen LogP contribution in [0.2, 0.25) is 0 Å². The Balaban J connectivity index is 1.40. The maximum Gasteiger partial charge on any atom is 0.219 e. The molecular weight excluding hydrogens is 280 g/mol. The van der Waals surface area contributed by atoms with Gasteiger partial charge in [0.15, 0.2) is 0 Å². The summed E-state index contributed by atoms with van der Waals surface area (Å²) in [7, 11) is 0. The summed E-state index contributed by atoms with van der Waals surface area (Å²) in [5.74, 6) is 1.24. The van der Waals surface area contributed by atoms with Crippen LogP contribution < -0.4 is 10.1 Å². The first-order valence-electron chi connectivity index (χ1n) is 8.07. The van der Waals surface area contributed by atoms with E-state index in [0.717, 1.165) is 38.0 Å². The van der Waals surface area contributed by atoms with Crippen molar-refractivity contribution in [1.82, 2.24) is 10.2 Å². The highest BCUT2D eigenvalue weighted by Gasteiger charge is 2.41. The van der Waals surface area contributed by atoms with Crippen LogP contribution in [0.5, 0.6) is 11.5 Å². The van der Waals surface area contributed by atoms with Crippen molar-refractivity contribution in [2.75, 3.05) is 13.2 Å². The lowest BCUT2D eigenvalue weighted by Gasteiger charge is -2.38. The number of nitrogens with one attached hydrogen (secondary N) is 1. The Morgan fingerprint density at radius 2 is 1.91 bits per heavy atom. The molecule has 3 rings (SSSR count). The first kappa shape index (κ1) is 15.2. The zero-order valence-electron chi connectivity index (χ0n) is 13.0. The van der Waals surface area contributed by atoms with E-state index in [0.29, 0.717) is 24.7 Å². The summed E-state index contributed by atoms with van der Waals surface area (Å²) < 4.78 is 5.64. The summed E-state index contributed by atoms with van der Waals surface area (Å²) >= 11 is 0. The number of hydrogen-bond donors (Lipinski definition) is 2. The van der Waals surface area contributed by atoms with Gasteiger partial charge >= 0.3 is 0 Å². The van der Waals surface area contributed by atoms with E-state index < -0.39 is 0 Å². The monoisotopic (exact) mass is 304 g/mol. The Bertz CT molecular complexity index is 503. The average Bonchev–Trinajstić information content (AvgIpc) is 2.77. The van der Waals surface area contributed by atoms with E-state index in [-0.39, 0.29) is 11.7 Å². The van der Waals surface area contributed by atoms with Crippen LogP contribution in [0, 0.1) is 0 Å². The molecular formula is C17H24N2O3. The van der Waals surface area contributed by atoms with Gasteiger partial charge in [-0.25, -0.2) is 0 Å². The highest BCUT2D eigenvalue weighted by molar-refractivity contribution is 5.74. The topological polar surface area (TPSA) is 61.8 Å². The molecule has 1 aromatic rings. The molecule has 2 heterocycles. The molecule has 0 spiro atoms. The number of aromatic hydroxyl groups is 1. The van der Waals surface area contributed by atoms with Crippen molar-refractivity contribution >= 4 is 5.91 Å². The SMILES string of the molecule is CC(=O)N1[C@@H]2CC[C@H]1C[C@@H](NCCOc1ccc(O)cc1)C2. The number of nitrogens with zero attached hydrogens (tertiary/aromatic N) is 1. The molecule has 2 aliphatic heterocycles. The third kappa shape index (κ3) is 3.35. The van der Waals surface area contributed by atoms with E-state index in [4.69, 9.17) is 4.74 Å². The molecule has 5 nitrogen and oxygen atoms in total. The summed E-state index contributed by atoms with van der Waals surface area (Å²) in [6, 6.07) is 8.10. The van der Waals surface area contributed by atoms with E-state index in [1.54, 1.807) is 31.2 Å². The fourth-order valence-electron chi connectivity index (χ4n) is 3.83. The number of piperidine rings is 1. The lowest BCUT2D eigenvalue weighted by atomic mass is 9.97. The van der Waals surface area contributed by atoms with Gasteiger partial charge in [0, 0.05) is 31.6 Å². The summed E-state index contributed by atoms with van der Waals surface area (Å²) in [6.45, 7) is 3.09. The van der Waals surface area contributed by atoms with Crippen LogP contribution in [0.4, 0.5) is 0 Å². The maximum absolute atomic E-state index is 11.7. The first-order valence-corrected chi connectivity index (χ1v) is 8.07. The number of benzene rings is 1. The number of hydrogen-bond acceptors (Lipinski definition) is 4. The lowest BCUT2D eigenvalue weighted by molar-refractivity contribution is -0.133. The average molecular weight is 304 g/mol. The molecule has 0 aromatic heterocycles. The van der Waals surface area contributed by atoms with Crippen LogP contribution in [0.15, 0.2) is 24.3 Å². The van der Waals surface area contributed by atoms with Crippen LogP contribution >= 0.6 is 0 Å². The second-order valence-corrected chi connectivity index (χ2v) is 6.28. The van der Waals surface area contributed by atoms with Gasteiger partial charge < -0.3 is 20.1 Å². The molecule has 0 radical (unpaired) electrons. The lowest BCUT2D eigenvalue weighted by Crippen LogP contribution is -2.51. The number of phenolic OH excluding ortho intramolecular Hbond substituents is 1. The number of amides is 1.